The molecule has 0 fully saturated rings. The summed E-state index contributed by atoms with van der Waals surface area (Å²) < 4.78 is 3.84. The fourth-order valence-corrected chi connectivity index (χ4v) is 3.25. The second kappa shape index (κ2) is 8.35. The Morgan fingerprint density at radius 2 is 1.89 bits per heavy atom. The van der Waals surface area contributed by atoms with Gasteiger partial charge in [-0.15, -0.1) is 0 Å². The van der Waals surface area contributed by atoms with Crippen molar-refractivity contribution in [3.05, 3.63) is 65.2 Å². The van der Waals surface area contributed by atoms with E-state index in [0.717, 1.165) is 30.0 Å². The average Bonchev–Trinajstić information content (AvgIpc) is 3.23. The lowest BCUT2D eigenvalue weighted by molar-refractivity contribution is 0.651. The van der Waals surface area contributed by atoms with Gasteiger partial charge in [0.2, 0.25) is 0 Å². The highest BCUT2D eigenvalue weighted by molar-refractivity contribution is 7.80. The van der Waals surface area contributed by atoms with Crippen molar-refractivity contribution in [3.8, 4) is 0 Å². The molecule has 2 heterocycles. The van der Waals surface area contributed by atoms with Crippen molar-refractivity contribution >= 4 is 23.0 Å². The van der Waals surface area contributed by atoms with Gasteiger partial charge in [-0.25, -0.2) is 0 Å². The summed E-state index contributed by atoms with van der Waals surface area (Å²) >= 11 is 5.46. The lowest BCUT2D eigenvalue weighted by atomic mass is 10.1. The van der Waals surface area contributed by atoms with Crippen molar-refractivity contribution in [3.63, 3.8) is 0 Å². The molecule has 27 heavy (non-hydrogen) atoms. The van der Waals surface area contributed by atoms with Crippen LogP contribution in [-0.4, -0.2) is 24.7 Å². The number of anilines is 1. The van der Waals surface area contributed by atoms with Crippen LogP contribution in [0.15, 0.2) is 42.9 Å². The van der Waals surface area contributed by atoms with E-state index in [9.17, 15) is 0 Å². The Bertz CT molecular complexity index is 909. The molecule has 3 rings (SSSR count). The molecule has 0 radical (unpaired) electrons. The van der Waals surface area contributed by atoms with E-state index in [0.29, 0.717) is 5.11 Å². The Morgan fingerprint density at radius 1 is 1.15 bits per heavy atom. The van der Waals surface area contributed by atoms with Crippen molar-refractivity contribution in [2.75, 3.05) is 5.32 Å². The number of rotatable bonds is 6. The van der Waals surface area contributed by atoms with Gasteiger partial charge in [-0.1, -0.05) is 29.8 Å². The molecule has 0 aliphatic rings. The summed E-state index contributed by atoms with van der Waals surface area (Å²) in [7, 11) is 0. The minimum atomic E-state index is 0.0768. The zero-order valence-electron chi connectivity index (χ0n) is 16.2. The third-order valence-corrected chi connectivity index (χ3v) is 4.70. The van der Waals surface area contributed by atoms with E-state index in [-0.39, 0.29) is 6.04 Å². The van der Waals surface area contributed by atoms with E-state index in [1.165, 1.54) is 11.1 Å². The largest absolute Gasteiger partial charge is 0.356 e. The van der Waals surface area contributed by atoms with Crippen LogP contribution in [0.4, 0.5) is 5.69 Å². The maximum atomic E-state index is 5.46. The van der Waals surface area contributed by atoms with E-state index in [1.807, 2.05) is 22.5 Å². The van der Waals surface area contributed by atoms with E-state index >= 15 is 0 Å². The Balaban J connectivity index is 1.57. The maximum absolute atomic E-state index is 5.46. The lowest BCUT2D eigenvalue weighted by Gasteiger charge is -2.15. The van der Waals surface area contributed by atoms with Gasteiger partial charge in [-0.05, 0) is 45.5 Å². The van der Waals surface area contributed by atoms with Gasteiger partial charge in [-0.2, -0.15) is 10.2 Å². The average molecular weight is 383 g/mol. The van der Waals surface area contributed by atoms with Crippen LogP contribution >= 0.6 is 12.2 Å². The van der Waals surface area contributed by atoms with E-state index < -0.39 is 0 Å². The van der Waals surface area contributed by atoms with E-state index in [2.05, 4.69) is 72.1 Å². The SMILES string of the molecule is CCn1cc(C(C)NC(=S)Nc2cnn(Cc3ccc(C)cc3)c2)c(C)n1. The predicted molar refractivity (Wildman–Crippen MR) is 113 cm³/mol. The van der Waals surface area contributed by atoms with Crippen LogP contribution in [0, 0.1) is 13.8 Å². The summed E-state index contributed by atoms with van der Waals surface area (Å²) in [6.45, 7) is 9.85. The lowest BCUT2D eigenvalue weighted by Crippen LogP contribution is -2.30. The summed E-state index contributed by atoms with van der Waals surface area (Å²) in [6, 6.07) is 8.54. The molecule has 0 saturated carbocycles. The summed E-state index contributed by atoms with van der Waals surface area (Å²) in [6.07, 6.45) is 5.81. The number of nitrogens with zero attached hydrogens (tertiary/aromatic N) is 4. The van der Waals surface area contributed by atoms with Gasteiger partial charge in [0, 0.05) is 24.5 Å². The molecular formula is C20H26N6S. The minimum absolute atomic E-state index is 0.0768. The molecule has 1 aromatic carbocycles. The van der Waals surface area contributed by atoms with Gasteiger partial charge >= 0.3 is 0 Å². The van der Waals surface area contributed by atoms with Crippen LogP contribution in [0.3, 0.4) is 0 Å². The number of aromatic nitrogens is 4. The van der Waals surface area contributed by atoms with Crippen molar-refractivity contribution < 1.29 is 0 Å². The molecule has 0 bridgehead atoms. The van der Waals surface area contributed by atoms with Gasteiger partial charge in [0.1, 0.15) is 0 Å². The normalized spacial score (nSPS) is 12.0. The molecule has 0 aliphatic heterocycles. The molecule has 3 aromatic rings. The van der Waals surface area contributed by atoms with Crippen LogP contribution in [0.2, 0.25) is 0 Å². The second-order valence-electron chi connectivity index (χ2n) is 6.76. The fraction of sp³-hybridized carbons (Fsp3) is 0.350. The number of benzene rings is 1. The van der Waals surface area contributed by atoms with Crippen LogP contribution in [0.5, 0.6) is 0 Å². The van der Waals surface area contributed by atoms with Crippen LogP contribution in [-0.2, 0) is 13.1 Å². The first kappa shape index (κ1) is 19.1. The number of hydrogen-bond acceptors (Lipinski definition) is 3. The van der Waals surface area contributed by atoms with Crippen LogP contribution in [0.25, 0.3) is 0 Å². The third kappa shape index (κ3) is 4.95. The molecule has 7 heteroatoms. The van der Waals surface area contributed by atoms with Crippen LogP contribution < -0.4 is 10.6 Å². The quantitative estimate of drug-likeness (QED) is 0.635. The van der Waals surface area contributed by atoms with Gasteiger partial charge in [-0.3, -0.25) is 9.36 Å². The Morgan fingerprint density at radius 3 is 2.56 bits per heavy atom. The third-order valence-electron chi connectivity index (χ3n) is 4.48. The van der Waals surface area contributed by atoms with Crippen molar-refractivity contribution in [2.24, 2.45) is 0 Å². The molecule has 0 amide bonds. The molecule has 0 spiro atoms. The van der Waals surface area contributed by atoms with E-state index in [1.54, 1.807) is 6.20 Å². The van der Waals surface area contributed by atoms with Gasteiger partial charge < -0.3 is 10.6 Å². The minimum Gasteiger partial charge on any atom is -0.356 e. The molecule has 1 unspecified atom stereocenters. The second-order valence-corrected chi connectivity index (χ2v) is 7.17. The van der Waals surface area contributed by atoms with Crippen molar-refractivity contribution in [1.29, 1.82) is 0 Å². The molecule has 1 atom stereocenters. The predicted octanol–water partition coefficient (Wildman–Crippen LogP) is 3.81. The Hall–Kier alpha value is -2.67. The molecule has 0 saturated heterocycles. The maximum Gasteiger partial charge on any atom is 0.171 e. The first-order valence-electron chi connectivity index (χ1n) is 9.14. The molecule has 2 aromatic heterocycles. The fourth-order valence-electron chi connectivity index (χ4n) is 2.96. The highest BCUT2D eigenvalue weighted by Crippen LogP contribution is 2.16. The Labute approximate surface area is 165 Å². The first-order valence-corrected chi connectivity index (χ1v) is 9.55. The number of aryl methyl sites for hydroxylation is 3. The van der Waals surface area contributed by atoms with E-state index in [4.69, 9.17) is 12.2 Å². The molecular weight excluding hydrogens is 356 g/mol. The highest BCUT2D eigenvalue weighted by Gasteiger charge is 2.13. The zero-order chi connectivity index (χ0) is 19.4. The molecule has 6 nitrogen and oxygen atoms in total. The molecule has 2 N–H and O–H groups in total. The van der Waals surface area contributed by atoms with Gasteiger partial charge in [0.05, 0.1) is 30.2 Å². The summed E-state index contributed by atoms with van der Waals surface area (Å²) in [5.41, 5.74) is 5.51. The monoisotopic (exact) mass is 382 g/mol. The number of thiocarbonyl (C=S) groups is 1. The standard InChI is InChI=1S/C20H26N6S/c1-5-25-13-19(16(4)24-25)15(3)22-20(27)23-18-10-21-26(12-18)11-17-8-6-14(2)7-9-17/h6-10,12-13,15H,5,11H2,1-4H3,(H2,22,23,27). The first-order chi connectivity index (χ1) is 12.9. The summed E-state index contributed by atoms with van der Waals surface area (Å²) in [5.74, 6) is 0. The topological polar surface area (TPSA) is 59.7 Å². The van der Waals surface area contributed by atoms with Gasteiger partial charge in [0.15, 0.2) is 5.11 Å². The Kier molecular flexibility index (Phi) is 5.91. The van der Waals surface area contributed by atoms with Gasteiger partial charge in [0.25, 0.3) is 0 Å². The molecule has 0 aliphatic carbocycles. The smallest absolute Gasteiger partial charge is 0.171 e. The molecule has 142 valence electrons. The number of nitrogens with one attached hydrogen (secondary N) is 2. The zero-order valence-corrected chi connectivity index (χ0v) is 17.0. The van der Waals surface area contributed by atoms with Crippen molar-refractivity contribution in [2.45, 2.75) is 46.8 Å². The number of hydrogen-bond donors (Lipinski definition) is 2. The summed E-state index contributed by atoms with van der Waals surface area (Å²) in [5, 5.41) is 16.0. The summed E-state index contributed by atoms with van der Waals surface area (Å²) in [4.78, 5) is 0. The van der Waals surface area contributed by atoms with Crippen molar-refractivity contribution in [1.82, 2.24) is 24.9 Å². The van der Waals surface area contributed by atoms with Crippen LogP contribution in [0.1, 0.15) is 42.3 Å². The highest BCUT2D eigenvalue weighted by atomic mass is 32.1.